The van der Waals surface area contributed by atoms with Crippen LogP contribution in [0.15, 0.2) is 47.6 Å². The molecule has 2 rings (SSSR count). The maximum atomic E-state index is 11.6. The molecule has 0 spiro atoms. The number of carbonyl (C=O) groups is 1. The summed E-state index contributed by atoms with van der Waals surface area (Å²) in [4.78, 5) is 11.6. The highest BCUT2D eigenvalue weighted by Gasteiger charge is 2.36. The molecule has 112 valence electrons. The Balaban J connectivity index is 2.46. The summed E-state index contributed by atoms with van der Waals surface area (Å²) in [5.41, 5.74) is 6.30. The van der Waals surface area contributed by atoms with Gasteiger partial charge in [-0.25, -0.2) is 4.79 Å². The van der Waals surface area contributed by atoms with Crippen LogP contribution in [0, 0.1) is 5.41 Å². The van der Waals surface area contributed by atoms with Crippen LogP contribution in [0.2, 0.25) is 0 Å². The van der Waals surface area contributed by atoms with Crippen molar-refractivity contribution in [1.82, 2.24) is 0 Å². The molecule has 0 aliphatic heterocycles. The molecular weight excluding hydrogens is 266 g/mol. The van der Waals surface area contributed by atoms with Crippen molar-refractivity contribution in [2.24, 2.45) is 5.41 Å². The second-order valence-corrected chi connectivity index (χ2v) is 6.50. The summed E-state index contributed by atoms with van der Waals surface area (Å²) in [6, 6.07) is 6.84. The molecule has 1 aromatic rings. The zero-order valence-corrected chi connectivity index (χ0v) is 12.6. The second kappa shape index (κ2) is 5.04. The minimum Gasteiger partial charge on any atom is -0.478 e. The Morgan fingerprint density at radius 3 is 2.29 bits per heavy atom. The van der Waals surface area contributed by atoms with E-state index in [0.717, 1.165) is 5.57 Å². The van der Waals surface area contributed by atoms with Gasteiger partial charge < -0.3 is 15.9 Å². The van der Waals surface area contributed by atoms with Gasteiger partial charge in [-0.1, -0.05) is 39.0 Å². The monoisotopic (exact) mass is 287 g/mol. The molecule has 4 nitrogen and oxygen atoms in total. The summed E-state index contributed by atoms with van der Waals surface area (Å²) >= 11 is 0. The molecule has 1 aliphatic rings. The third-order valence-electron chi connectivity index (χ3n) is 3.77. The predicted molar refractivity (Wildman–Crippen MR) is 82.6 cm³/mol. The van der Waals surface area contributed by atoms with Crippen LogP contribution >= 0.6 is 0 Å². The zero-order chi connectivity index (χ0) is 15.8. The molecule has 0 bridgehead atoms. The number of aliphatic hydroxyl groups is 1. The van der Waals surface area contributed by atoms with Crippen molar-refractivity contribution in [3.05, 3.63) is 53.1 Å². The molecular formula is C17H21NO3. The maximum Gasteiger partial charge on any atom is 0.331 e. The first-order chi connectivity index (χ1) is 9.63. The number of rotatable bonds is 2. The number of anilines is 1. The van der Waals surface area contributed by atoms with Crippen molar-refractivity contribution in [3.63, 3.8) is 0 Å². The van der Waals surface area contributed by atoms with Gasteiger partial charge in [0.2, 0.25) is 0 Å². The van der Waals surface area contributed by atoms with Crippen molar-refractivity contribution >= 4 is 11.7 Å². The van der Waals surface area contributed by atoms with E-state index in [9.17, 15) is 15.0 Å². The molecule has 1 aromatic carbocycles. The third kappa shape index (κ3) is 3.00. The Labute approximate surface area is 124 Å². The molecule has 1 unspecified atom stereocenters. The smallest absolute Gasteiger partial charge is 0.331 e. The topological polar surface area (TPSA) is 83.5 Å². The molecule has 0 radical (unpaired) electrons. The lowest BCUT2D eigenvalue weighted by Crippen LogP contribution is -2.30. The molecule has 4 heteroatoms. The van der Waals surface area contributed by atoms with Crippen LogP contribution in [0.4, 0.5) is 5.69 Å². The number of carboxylic acids is 1. The highest BCUT2D eigenvalue weighted by atomic mass is 16.4. The fraction of sp³-hybridized carbons (Fsp3) is 0.353. The second-order valence-electron chi connectivity index (χ2n) is 6.50. The van der Waals surface area contributed by atoms with Gasteiger partial charge in [0.25, 0.3) is 0 Å². The van der Waals surface area contributed by atoms with E-state index in [2.05, 4.69) is 0 Å². The van der Waals surface area contributed by atoms with E-state index in [1.54, 1.807) is 36.4 Å². The van der Waals surface area contributed by atoms with Gasteiger partial charge in [0.1, 0.15) is 5.60 Å². The molecule has 21 heavy (non-hydrogen) atoms. The van der Waals surface area contributed by atoms with Gasteiger partial charge >= 0.3 is 5.97 Å². The van der Waals surface area contributed by atoms with Crippen molar-refractivity contribution in [1.29, 1.82) is 0 Å². The average Bonchev–Trinajstić information content (AvgIpc) is 2.37. The largest absolute Gasteiger partial charge is 0.478 e. The van der Waals surface area contributed by atoms with E-state index >= 15 is 0 Å². The normalized spacial score (nSPS) is 22.5. The zero-order valence-electron chi connectivity index (χ0n) is 12.6. The minimum atomic E-state index is -1.31. The van der Waals surface area contributed by atoms with E-state index in [1.807, 2.05) is 20.8 Å². The van der Waals surface area contributed by atoms with Crippen LogP contribution in [0.25, 0.3) is 0 Å². The minimum absolute atomic E-state index is 0.0509. The van der Waals surface area contributed by atoms with Crippen LogP contribution in [-0.4, -0.2) is 16.2 Å². The number of hydrogen-bond acceptors (Lipinski definition) is 3. The van der Waals surface area contributed by atoms with E-state index in [0.29, 0.717) is 11.3 Å². The van der Waals surface area contributed by atoms with Gasteiger partial charge in [-0.3, -0.25) is 0 Å². The third-order valence-corrected chi connectivity index (χ3v) is 3.77. The van der Waals surface area contributed by atoms with Gasteiger partial charge in [0.15, 0.2) is 0 Å². The number of hydrogen-bond donors (Lipinski definition) is 3. The molecule has 0 heterocycles. The van der Waals surface area contributed by atoms with E-state index < -0.39 is 11.6 Å². The van der Waals surface area contributed by atoms with Crippen LogP contribution < -0.4 is 5.73 Å². The number of benzene rings is 1. The van der Waals surface area contributed by atoms with Crippen LogP contribution in [0.5, 0.6) is 0 Å². The highest BCUT2D eigenvalue weighted by molar-refractivity contribution is 5.89. The van der Waals surface area contributed by atoms with Gasteiger partial charge in [-0.05, 0) is 34.8 Å². The molecule has 0 fully saturated rings. The van der Waals surface area contributed by atoms with Crippen molar-refractivity contribution in [2.45, 2.75) is 32.8 Å². The highest BCUT2D eigenvalue weighted by Crippen LogP contribution is 2.41. The van der Waals surface area contributed by atoms with Crippen LogP contribution in [0.3, 0.4) is 0 Å². The summed E-state index contributed by atoms with van der Waals surface area (Å²) < 4.78 is 0. The fourth-order valence-electron chi connectivity index (χ4n) is 2.61. The summed E-state index contributed by atoms with van der Waals surface area (Å²) in [6.45, 7) is 5.88. The van der Waals surface area contributed by atoms with E-state index in [4.69, 9.17) is 5.73 Å². The van der Waals surface area contributed by atoms with E-state index in [1.165, 1.54) is 0 Å². The van der Waals surface area contributed by atoms with Crippen molar-refractivity contribution < 1.29 is 15.0 Å². The Morgan fingerprint density at radius 2 is 1.81 bits per heavy atom. The Morgan fingerprint density at radius 1 is 1.24 bits per heavy atom. The Bertz CT molecular complexity index is 620. The van der Waals surface area contributed by atoms with Gasteiger partial charge in [-0.15, -0.1) is 0 Å². The van der Waals surface area contributed by atoms with Crippen LogP contribution in [-0.2, 0) is 10.4 Å². The maximum absolute atomic E-state index is 11.6. The molecule has 4 N–H and O–H groups in total. The van der Waals surface area contributed by atoms with Gasteiger partial charge in [-0.2, -0.15) is 0 Å². The first kappa shape index (κ1) is 15.3. The van der Waals surface area contributed by atoms with Crippen LogP contribution in [0.1, 0.15) is 32.8 Å². The summed E-state index contributed by atoms with van der Waals surface area (Å²) in [6.07, 6.45) is 3.45. The first-order valence-corrected chi connectivity index (χ1v) is 6.88. The summed E-state index contributed by atoms with van der Waals surface area (Å²) in [5, 5.41) is 20.3. The number of allylic oxidation sites excluding steroid dienone is 2. The van der Waals surface area contributed by atoms with Crippen molar-refractivity contribution in [2.75, 3.05) is 5.73 Å². The number of nitrogen functional groups attached to an aromatic ring is 1. The fourth-order valence-corrected chi connectivity index (χ4v) is 2.61. The molecule has 0 saturated carbocycles. The lowest BCUT2D eigenvalue weighted by molar-refractivity contribution is -0.133. The van der Waals surface area contributed by atoms with Gasteiger partial charge in [0.05, 0.1) is 0 Å². The molecule has 0 saturated heterocycles. The SMILES string of the molecule is CC(C)(C)C1=C(C(=O)O)CC(O)(c2ccc(N)cc2)C=C1. The quantitative estimate of drug-likeness (QED) is 0.730. The van der Waals surface area contributed by atoms with Gasteiger partial charge in [0, 0.05) is 17.7 Å². The molecule has 1 aliphatic carbocycles. The first-order valence-electron chi connectivity index (χ1n) is 6.88. The summed E-state index contributed by atoms with van der Waals surface area (Å²) in [7, 11) is 0. The number of nitrogens with two attached hydrogens (primary N) is 1. The lowest BCUT2D eigenvalue weighted by atomic mass is 9.74. The Hall–Kier alpha value is -2.07. The van der Waals surface area contributed by atoms with E-state index in [-0.39, 0.29) is 17.4 Å². The number of aliphatic carboxylic acids is 1. The predicted octanol–water partition coefficient (Wildman–Crippen LogP) is 2.84. The Kier molecular flexibility index (Phi) is 3.68. The molecule has 0 aromatic heterocycles. The molecule has 1 atom stereocenters. The molecule has 0 amide bonds. The summed E-state index contributed by atoms with van der Waals surface area (Å²) in [5.74, 6) is -0.988. The average molecular weight is 287 g/mol. The number of carboxylic acid groups (broad SMARTS) is 1. The van der Waals surface area contributed by atoms with Crippen molar-refractivity contribution in [3.8, 4) is 0 Å². The standard InChI is InChI=1S/C17H21NO3/c1-16(2,3)14-8-9-17(21,10-13(14)15(19)20)11-4-6-12(18)7-5-11/h4-9,21H,10,18H2,1-3H3,(H,19,20). The lowest BCUT2D eigenvalue weighted by Gasteiger charge is -2.33.